The normalized spacial score (nSPS) is 28.7. The Morgan fingerprint density at radius 3 is 2.21 bits per heavy atom. The maximum Gasteiger partial charge on any atom is 0.0499 e. The molecule has 2 saturated carbocycles. The lowest BCUT2D eigenvalue weighted by molar-refractivity contribution is 0.0779. The number of nitrogens with one attached hydrogen (secondary N) is 1. The lowest BCUT2D eigenvalue weighted by atomic mass is 9.74. The van der Waals surface area contributed by atoms with Gasteiger partial charge in [0, 0.05) is 24.1 Å². The second kappa shape index (κ2) is 3.82. The molecule has 0 saturated heterocycles. The minimum absolute atomic E-state index is 0.212. The fourth-order valence-electron chi connectivity index (χ4n) is 2.46. The lowest BCUT2D eigenvalue weighted by Gasteiger charge is -2.36. The Kier molecular flexibility index (Phi) is 2.85. The van der Waals surface area contributed by atoms with E-state index in [1.807, 2.05) is 0 Å². The van der Waals surface area contributed by atoms with Crippen molar-refractivity contribution < 1.29 is 5.11 Å². The first-order valence-electron chi connectivity index (χ1n) is 6.04. The Morgan fingerprint density at radius 2 is 1.71 bits per heavy atom. The highest BCUT2D eigenvalue weighted by molar-refractivity contribution is 4.99. The topological polar surface area (TPSA) is 32.3 Å². The molecule has 2 rings (SSSR count). The van der Waals surface area contributed by atoms with Gasteiger partial charge in [-0.1, -0.05) is 19.3 Å². The van der Waals surface area contributed by atoms with E-state index in [0.717, 1.165) is 6.54 Å². The minimum Gasteiger partial charge on any atom is -0.396 e. The maximum absolute atomic E-state index is 9.52. The first kappa shape index (κ1) is 10.4. The molecule has 2 aliphatic rings. The molecule has 2 heteroatoms. The fraction of sp³-hybridized carbons (Fsp3) is 1.00. The summed E-state index contributed by atoms with van der Waals surface area (Å²) in [5.74, 6) is 0. The van der Waals surface area contributed by atoms with Crippen molar-refractivity contribution in [2.24, 2.45) is 5.41 Å². The van der Waals surface area contributed by atoms with Crippen molar-refractivity contribution in [2.45, 2.75) is 57.4 Å². The molecule has 2 aliphatic carbocycles. The van der Waals surface area contributed by atoms with Crippen LogP contribution in [0, 0.1) is 5.41 Å². The van der Waals surface area contributed by atoms with Crippen molar-refractivity contribution in [1.82, 2.24) is 5.32 Å². The van der Waals surface area contributed by atoms with Crippen LogP contribution in [0.25, 0.3) is 0 Å². The van der Waals surface area contributed by atoms with Gasteiger partial charge in [0.15, 0.2) is 0 Å². The Morgan fingerprint density at radius 1 is 1.07 bits per heavy atom. The molecule has 0 bridgehead atoms. The van der Waals surface area contributed by atoms with Crippen molar-refractivity contribution in [3.8, 4) is 0 Å². The van der Waals surface area contributed by atoms with Crippen LogP contribution in [0.3, 0.4) is 0 Å². The van der Waals surface area contributed by atoms with Crippen LogP contribution in [0.2, 0.25) is 0 Å². The second-order valence-electron chi connectivity index (χ2n) is 5.63. The molecule has 0 atom stereocenters. The zero-order valence-corrected chi connectivity index (χ0v) is 9.31. The Bertz CT molecular complexity index is 192. The van der Waals surface area contributed by atoms with Gasteiger partial charge in [-0.3, -0.25) is 0 Å². The summed E-state index contributed by atoms with van der Waals surface area (Å²) >= 11 is 0. The molecule has 2 N–H and O–H groups in total. The predicted octanol–water partition coefficient (Wildman–Crippen LogP) is 2.07. The zero-order chi connectivity index (χ0) is 10.1. The van der Waals surface area contributed by atoms with Crippen LogP contribution in [-0.4, -0.2) is 23.8 Å². The van der Waals surface area contributed by atoms with Crippen LogP contribution in [0.4, 0.5) is 0 Å². The molecule has 2 nitrogen and oxygen atoms in total. The number of aliphatic hydroxyl groups is 1. The standard InChI is InChI=1S/C12H23NO/c1-11(7-8-11)13-9-12(10-14)5-3-2-4-6-12/h13-14H,2-10H2,1H3. The molecule has 0 unspecified atom stereocenters. The highest BCUT2D eigenvalue weighted by Gasteiger charge is 2.40. The van der Waals surface area contributed by atoms with Crippen molar-refractivity contribution in [2.75, 3.05) is 13.2 Å². The van der Waals surface area contributed by atoms with Gasteiger partial charge < -0.3 is 10.4 Å². The number of rotatable bonds is 4. The lowest BCUT2D eigenvalue weighted by Crippen LogP contribution is -2.43. The van der Waals surface area contributed by atoms with E-state index < -0.39 is 0 Å². The van der Waals surface area contributed by atoms with E-state index in [1.54, 1.807) is 0 Å². The third kappa shape index (κ3) is 2.29. The first-order chi connectivity index (χ1) is 6.68. The van der Waals surface area contributed by atoms with Gasteiger partial charge in [0.25, 0.3) is 0 Å². The summed E-state index contributed by atoms with van der Waals surface area (Å²) < 4.78 is 0. The summed E-state index contributed by atoms with van der Waals surface area (Å²) in [4.78, 5) is 0. The van der Waals surface area contributed by atoms with Gasteiger partial charge in [0.05, 0.1) is 0 Å². The summed E-state index contributed by atoms with van der Waals surface area (Å²) in [5, 5.41) is 13.2. The Labute approximate surface area is 87.1 Å². The summed E-state index contributed by atoms with van der Waals surface area (Å²) in [5.41, 5.74) is 0.628. The van der Waals surface area contributed by atoms with E-state index in [9.17, 15) is 5.11 Å². The second-order valence-corrected chi connectivity index (χ2v) is 5.63. The van der Waals surface area contributed by atoms with E-state index >= 15 is 0 Å². The molecule has 0 aliphatic heterocycles. The number of hydrogen-bond donors (Lipinski definition) is 2. The van der Waals surface area contributed by atoms with Crippen molar-refractivity contribution in [1.29, 1.82) is 0 Å². The van der Waals surface area contributed by atoms with Crippen LogP contribution < -0.4 is 5.32 Å². The van der Waals surface area contributed by atoms with E-state index in [1.165, 1.54) is 44.9 Å². The van der Waals surface area contributed by atoms with Gasteiger partial charge in [0.2, 0.25) is 0 Å². The molecular weight excluding hydrogens is 174 g/mol. The number of aliphatic hydroxyl groups excluding tert-OH is 1. The molecule has 14 heavy (non-hydrogen) atoms. The summed E-state index contributed by atoms with van der Waals surface area (Å²) in [7, 11) is 0. The predicted molar refractivity (Wildman–Crippen MR) is 58.2 cm³/mol. The Balaban J connectivity index is 1.84. The summed E-state index contributed by atoms with van der Waals surface area (Å²) in [6.07, 6.45) is 9.03. The smallest absolute Gasteiger partial charge is 0.0499 e. The largest absolute Gasteiger partial charge is 0.396 e. The SMILES string of the molecule is CC1(NCC2(CO)CCCCC2)CC1. The fourth-order valence-corrected chi connectivity index (χ4v) is 2.46. The monoisotopic (exact) mass is 197 g/mol. The third-order valence-corrected chi connectivity index (χ3v) is 4.14. The molecule has 0 spiro atoms. The quantitative estimate of drug-likeness (QED) is 0.723. The van der Waals surface area contributed by atoms with E-state index in [4.69, 9.17) is 0 Å². The summed E-state index contributed by atoms with van der Waals surface area (Å²) in [6, 6.07) is 0. The zero-order valence-electron chi connectivity index (χ0n) is 9.31. The van der Waals surface area contributed by atoms with Gasteiger partial charge in [-0.2, -0.15) is 0 Å². The van der Waals surface area contributed by atoms with Crippen LogP contribution in [0.5, 0.6) is 0 Å². The molecule has 82 valence electrons. The average Bonchev–Trinajstić information content (AvgIpc) is 2.96. The first-order valence-corrected chi connectivity index (χ1v) is 6.04. The van der Waals surface area contributed by atoms with Crippen molar-refractivity contribution in [3.63, 3.8) is 0 Å². The molecule has 0 radical (unpaired) electrons. The molecule has 0 aromatic carbocycles. The van der Waals surface area contributed by atoms with E-state index in [2.05, 4.69) is 12.2 Å². The molecule has 0 aromatic heterocycles. The highest BCUT2D eigenvalue weighted by atomic mass is 16.3. The minimum atomic E-state index is 0.212. The Hall–Kier alpha value is -0.0800. The molecule has 0 amide bonds. The highest BCUT2D eigenvalue weighted by Crippen LogP contribution is 2.39. The van der Waals surface area contributed by atoms with Gasteiger partial charge in [0.1, 0.15) is 0 Å². The number of hydrogen-bond acceptors (Lipinski definition) is 2. The average molecular weight is 197 g/mol. The molecule has 0 aromatic rings. The van der Waals surface area contributed by atoms with Gasteiger partial charge in [-0.05, 0) is 32.6 Å². The molecule has 2 fully saturated rings. The third-order valence-electron chi connectivity index (χ3n) is 4.14. The van der Waals surface area contributed by atoms with Crippen LogP contribution >= 0.6 is 0 Å². The summed E-state index contributed by atoms with van der Waals surface area (Å²) in [6.45, 7) is 3.69. The van der Waals surface area contributed by atoms with Crippen LogP contribution in [-0.2, 0) is 0 Å². The van der Waals surface area contributed by atoms with Gasteiger partial charge in [-0.25, -0.2) is 0 Å². The van der Waals surface area contributed by atoms with Gasteiger partial charge in [-0.15, -0.1) is 0 Å². The van der Waals surface area contributed by atoms with E-state index in [-0.39, 0.29) is 5.41 Å². The van der Waals surface area contributed by atoms with Crippen LogP contribution in [0.1, 0.15) is 51.9 Å². The van der Waals surface area contributed by atoms with Crippen molar-refractivity contribution in [3.05, 3.63) is 0 Å². The maximum atomic E-state index is 9.52. The van der Waals surface area contributed by atoms with Crippen LogP contribution in [0.15, 0.2) is 0 Å². The van der Waals surface area contributed by atoms with Gasteiger partial charge >= 0.3 is 0 Å². The van der Waals surface area contributed by atoms with E-state index in [0.29, 0.717) is 12.1 Å². The molecule has 0 heterocycles. The molecular formula is C12H23NO. The van der Waals surface area contributed by atoms with Crippen molar-refractivity contribution >= 4 is 0 Å².